The van der Waals surface area contributed by atoms with Crippen molar-refractivity contribution in [3.05, 3.63) is 10.5 Å². The molecule has 0 saturated carbocycles. The zero-order valence-electron chi connectivity index (χ0n) is 6.31. The van der Waals surface area contributed by atoms with E-state index in [2.05, 4.69) is 19.9 Å². The Kier molecular flexibility index (Phi) is 6.50. The van der Waals surface area contributed by atoms with Crippen LogP contribution in [0.1, 0.15) is 13.8 Å². The van der Waals surface area contributed by atoms with Gasteiger partial charge in [-0.25, -0.2) is 0 Å². The third kappa shape index (κ3) is 6.10. The molecule has 0 atom stereocenters. The molecule has 0 heterocycles. The number of allylic oxidation sites excluding steroid dienone is 1. The van der Waals surface area contributed by atoms with Crippen LogP contribution < -0.4 is 0 Å². The topological polar surface area (TPSA) is 9.23 Å². The van der Waals surface area contributed by atoms with Gasteiger partial charge in [0.05, 0.1) is 0 Å². The van der Waals surface area contributed by atoms with Gasteiger partial charge in [-0.3, -0.25) is 0 Å². The Morgan fingerprint density at radius 2 is 2.33 bits per heavy atom. The first kappa shape index (κ1) is 9.22. The van der Waals surface area contributed by atoms with Crippen LogP contribution >= 0.6 is 0 Å². The van der Waals surface area contributed by atoms with E-state index in [1.165, 1.54) is 9.79 Å². The summed E-state index contributed by atoms with van der Waals surface area (Å²) in [4.78, 5) is 0. The summed E-state index contributed by atoms with van der Waals surface area (Å²) >= 11 is 0.707. The zero-order valence-corrected chi connectivity index (χ0v) is 8.02. The normalized spacial score (nSPS) is 12.1. The van der Waals surface area contributed by atoms with Crippen molar-refractivity contribution in [1.82, 2.24) is 0 Å². The van der Waals surface area contributed by atoms with Gasteiger partial charge >= 0.3 is 63.1 Å². The van der Waals surface area contributed by atoms with Crippen molar-refractivity contribution in [3.63, 3.8) is 0 Å². The molecule has 0 aliphatic carbocycles. The van der Waals surface area contributed by atoms with Gasteiger partial charge in [-0.2, -0.15) is 0 Å². The van der Waals surface area contributed by atoms with Crippen molar-refractivity contribution in [2.24, 2.45) is 0 Å². The van der Waals surface area contributed by atoms with Crippen molar-refractivity contribution < 1.29 is 4.74 Å². The first-order valence-corrected chi connectivity index (χ1v) is 5.16. The van der Waals surface area contributed by atoms with E-state index in [1.54, 1.807) is 7.11 Å². The van der Waals surface area contributed by atoms with Gasteiger partial charge in [-0.1, -0.05) is 0 Å². The van der Waals surface area contributed by atoms with E-state index < -0.39 is 0 Å². The Balaban J connectivity index is 3.30. The van der Waals surface area contributed by atoms with Gasteiger partial charge in [0.2, 0.25) is 0 Å². The van der Waals surface area contributed by atoms with E-state index >= 15 is 0 Å². The Labute approximate surface area is 63.6 Å². The second kappa shape index (κ2) is 6.34. The van der Waals surface area contributed by atoms with E-state index in [4.69, 9.17) is 4.74 Å². The third-order valence-electron chi connectivity index (χ3n) is 0.909. The summed E-state index contributed by atoms with van der Waals surface area (Å²) in [6, 6.07) is 0. The molecule has 0 fully saturated rings. The molecule has 0 unspecified atom stereocenters. The van der Waals surface area contributed by atoms with Crippen molar-refractivity contribution in [3.8, 4) is 0 Å². The Morgan fingerprint density at radius 1 is 1.67 bits per heavy atom. The summed E-state index contributed by atoms with van der Waals surface area (Å²) in [6.07, 6.45) is 2.16. The van der Waals surface area contributed by atoms with Gasteiger partial charge in [-0.05, 0) is 0 Å². The fraction of sp³-hybridized carbons (Fsp3) is 0.714. The average molecular weight is 193 g/mol. The minimum absolute atomic E-state index is 0.707. The molecule has 0 radical (unpaired) electrons. The first-order chi connectivity index (χ1) is 4.31. The zero-order chi connectivity index (χ0) is 7.11. The third-order valence-corrected chi connectivity index (χ3v) is 2.82. The summed E-state index contributed by atoms with van der Waals surface area (Å²) in [7, 11) is 1.72. The van der Waals surface area contributed by atoms with Gasteiger partial charge in [0, 0.05) is 0 Å². The molecule has 2 heteroatoms. The van der Waals surface area contributed by atoms with Crippen molar-refractivity contribution in [1.29, 1.82) is 0 Å². The second-order valence-corrected chi connectivity index (χ2v) is 4.87. The number of hydrogen-bond acceptors (Lipinski definition) is 1. The van der Waals surface area contributed by atoms with Crippen LogP contribution in [0.25, 0.3) is 0 Å². The fourth-order valence-corrected chi connectivity index (χ4v) is 1.83. The van der Waals surface area contributed by atoms with Crippen molar-refractivity contribution >= 4 is 15.0 Å². The molecular weight excluding hydrogens is 179 g/mol. The monoisotopic (exact) mass is 194 g/mol. The molecule has 0 aliphatic heterocycles. The number of methoxy groups -OCH3 is 1. The molecule has 0 saturated heterocycles. The summed E-state index contributed by atoms with van der Waals surface area (Å²) < 4.78 is 6.38. The van der Waals surface area contributed by atoms with Crippen LogP contribution in [0.15, 0.2) is 10.5 Å². The van der Waals surface area contributed by atoms with Crippen LogP contribution in [0, 0.1) is 0 Å². The molecule has 0 aromatic heterocycles. The maximum atomic E-state index is 4.89. The van der Waals surface area contributed by atoms with Gasteiger partial charge < -0.3 is 0 Å². The maximum absolute atomic E-state index is 4.89. The van der Waals surface area contributed by atoms with Crippen LogP contribution in [0.5, 0.6) is 0 Å². The number of rotatable bonds is 4. The van der Waals surface area contributed by atoms with Gasteiger partial charge in [0.25, 0.3) is 0 Å². The molecule has 0 amide bonds. The predicted octanol–water partition coefficient (Wildman–Crippen LogP) is 1.68. The molecule has 0 rings (SSSR count). The summed E-state index contributed by atoms with van der Waals surface area (Å²) in [6.45, 7) is 5.15. The van der Waals surface area contributed by atoms with Crippen molar-refractivity contribution in [2.75, 3.05) is 13.7 Å². The van der Waals surface area contributed by atoms with Crippen LogP contribution in [0.4, 0.5) is 0 Å². The second-order valence-electron chi connectivity index (χ2n) is 1.70. The summed E-state index contributed by atoms with van der Waals surface area (Å²) in [5, 5.41) is 1.29. The number of ether oxygens (including phenoxy) is 1. The molecular formula is C7H14OSe. The Morgan fingerprint density at radius 3 is 2.78 bits per heavy atom. The van der Waals surface area contributed by atoms with Crippen LogP contribution in [-0.4, -0.2) is 28.7 Å². The van der Waals surface area contributed by atoms with Gasteiger partial charge in [-0.15, -0.1) is 0 Å². The quantitative estimate of drug-likeness (QED) is 0.617. The van der Waals surface area contributed by atoms with E-state index in [0.717, 1.165) is 6.61 Å². The molecule has 0 spiro atoms. The molecule has 0 bridgehead atoms. The predicted molar refractivity (Wildman–Crippen MR) is 41.9 cm³/mol. The van der Waals surface area contributed by atoms with E-state index in [1.807, 2.05) is 0 Å². The van der Waals surface area contributed by atoms with Crippen LogP contribution in [-0.2, 0) is 4.74 Å². The standard InChI is InChI=1S/C7H14OSe/c1-4-9-7(2)5-6-8-3/h5H,4,6H2,1-3H3/b7-5-. The fourth-order valence-electron chi connectivity index (χ4n) is 0.487. The molecule has 0 aromatic rings. The average Bonchev–Trinajstić information content (AvgIpc) is 1.85. The van der Waals surface area contributed by atoms with Crippen molar-refractivity contribution in [2.45, 2.75) is 19.2 Å². The molecule has 1 nitrogen and oxygen atoms in total. The molecule has 0 aliphatic rings. The summed E-state index contributed by atoms with van der Waals surface area (Å²) in [5.41, 5.74) is 0. The van der Waals surface area contributed by atoms with E-state index in [0.29, 0.717) is 15.0 Å². The van der Waals surface area contributed by atoms with E-state index in [-0.39, 0.29) is 0 Å². The minimum atomic E-state index is 0.707. The summed E-state index contributed by atoms with van der Waals surface area (Å²) in [5.74, 6) is 0. The number of hydrogen-bond donors (Lipinski definition) is 0. The van der Waals surface area contributed by atoms with E-state index in [9.17, 15) is 0 Å². The SMILES string of the molecule is CC[Se]/C(C)=C\COC. The van der Waals surface area contributed by atoms with Gasteiger partial charge in [0.15, 0.2) is 0 Å². The molecule has 0 aromatic carbocycles. The molecule has 9 heavy (non-hydrogen) atoms. The molecule has 0 N–H and O–H groups in total. The Bertz CT molecular complexity index is 88.9. The first-order valence-electron chi connectivity index (χ1n) is 3.09. The van der Waals surface area contributed by atoms with Crippen LogP contribution in [0.2, 0.25) is 5.32 Å². The Hall–Kier alpha value is 0.219. The van der Waals surface area contributed by atoms with Gasteiger partial charge in [0.1, 0.15) is 0 Å². The molecule has 54 valence electrons. The van der Waals surface area contributed by atoms with Crippen LogP contribution in [0.3, 0.4) is 0 Å².